The Morgan fingerprint density at radius 2 is 2.05 bits per heavy atom. The van der Waals surface area contributed by atoms with Crippen LogP contribution >= 0.6 is 27.7 Å². The maximum Gasteiger partial charge on any atom is 0.230 e. The highest BCUT2D eigenvalue weighted by atomic mass is 79.9. The molecule has 2 N–H and O–H groups in total. The number of hydrogen-bond acceptors (Lipinski definition) is 3. The van der Waals surface area contributed by atoms with Crippen LogP contribution in [0, 0.1) is 13.8 Å². The van der Waals surface area contributed by atoms with Crippen LogP contribution in [-0.2, 0) is 4.79 Å². The second-order valence-electron chi connectivity index (χ2n) is 5.25. The van der Waals surface area contributed by atoms with Gasteiger partial charge in [0.05, 0.1) is 5.75 Å². The third-order valence-corrected chi connectivity index (χ3v) is 5.53. The predicted molar refractivity (Wildman–Crippen MR) is 88.4 cm³/mol. The van der Waals surface area contributed by atoms with E-state index in [-0.39, 0.29) is 5.91 Å². The largest absolute Gasteiger partial charge is 0.353 e. The summed E-state index contributed by atoms with van der Waals surface area (Å²) in [4.78, 5) is 13.2. The molecule has 0 spiro atoms. The maximum absolute atomic E-state index is 12.0. The Kier molecular flexibility index (Phi) is 5.93. The van der Waals surface area contributed by atoms with Crippen molar-refractivity contribution in [1.82, 2.24) is 10.6 Å². The summed E-state index contributed by atoms with van der Waals surface area (Å²) in [7, 11) is 0. The van der Waals surface area contributed by atoms with E-state index in [1.165, 1.54) is 16.0 Å². The molecule has 1 saturated heterocycles. The number of benzene rings is 1. The number of amides is 1. The zero-order valence-corrected chi connectivity index (χ0v) is 14.4. The molecule has 0 aliphatic carbocycles. The van der Waals surface area contributed by atoms with E-state index < -0.39 is 0 Å². The fourth-order valence-corrected chi connectivity index (χ4v) is 3.66. The lowest BCUT2D eigenvalue weighted by atomic mass is 10.1. The number of carbonyl (C=O) groups is 1. The molecule has 0 radical (unpaired) electrons. The van der Waals surface area contributed by atoms with Gasteiger partial charge in [0.2, 0.25) is 5.91 Å². The Hall–Kier alpha value is -0.520. The van der Waals surface area contributed by atoms with Crippen molar-refractivity contribution < 1.29 is 4.79 Å². The van der Waals surface area contributed by atoms with Gasteiger partial charge in [0.1, 0.15) is 0 Å². The molecule has 1 aromatic carbocycles. The van der Waals surface area contributed by atoms with Crippen LogP contribution in [0.3, 0.4) is 0 Å². The summed E-state index contributed by atoms with van der Waals surface area (Å²) in [5.41, 5.74) is 2.42. The highest BCUT2D eigenvalue weighted by molar-refractivity contribution is 9.10. The van der Waals surface area contributed by atoms with Crippen molar-refractivity contribution in [1.29, 1.82) is 0 Å². The van der Waals surface area contributed by atoms with Crippen molar-refractivity contribution in [3.63, 3.8) is 0 Å². The van der Waals surface area contributed by atoms with E-state index in [9.17, 15) is 4.79 Å². The molecule has 0 bridgehead atoms. The predicted octanol–water partition coefficient (Wildman–Crippen LogP) is 3.03. The summed E-state index contributed by atoms with van der Waals surface area (Å²) in [5, 5.41) is 6.43. The molecule has 1 heterocycles. The molecule has 1 amide bonds. The second kappa shape index (κ2) is 7.48. The van der Waals surface area contributed by atoms with Gasteiger partial charge in [-0.25, -0.2) is 0 Å². The lowest BCUT2D eigenvalue weighted by molar-refractivity contribution is -0.119. The van der Waals surface area contributed by atoms with Gasteiger partial charge in [-0.3, -0.25) is 4.79 Å². The summed E-state index contributed by atoms with van der Waals surface area (Å²) in [6.07, 6.45) is 2.07. The monoisotopic (exact) mass is 356 g/mol. The van der Waals surface area contributed by atoms with Crippen molar-refractivity contribution >= 4 is 33.6 Å². The van der Waals surface area contributed by atoms with Gasteiger partial charge >= 0.3 is 0 Å². The molecule has 5 heteroatoms. The summed E-state index contributed by atoms with van der Waals surface area (Å²) < 4.78 is 1.12. The smallest absolute Gasteiger partial charge is 0.230 e. The number of aryl methyl sites for hydroxylation is 2. The normalized spacial score (nSPS) is 16.1. The third-order valence-electron chi connectivity index (χ3n) is 3.52. The summed E-state index contributed by atoms with van der Waals surface area (Å²) in [6, 6.07) is 4.60. The van der Waals surface area contributed by atoms with Gasteiger partial charge in [0, 0.05) is 15.4 Å². The molecule has 0 saturated carbocycles. The van der Waals surface area contributed by atoms with Gasteiger partial charge in [-0.1, -0.05) is 15.9 Å². The molecule has 2 rings (SSSR count). The van der Waals surface area contributed by atoms with E-state index in [1.807, 2.05) is 0 Å². The topological polar surface area (TPSA) is 41.1 Å². The fourth-order valence-electron chi connectivity index (χ4n) is 2.29. The van der Waals surface area contributed by atoms with Crippen LogP contribution < -0.4 is 10.6 Å². The van der Waals surface area contributed by atoms with Crippen molar-refractivity contribution in [3.8, 4) is 0 Å². The average molecular weight is 357 g/mol. The summed E-state index contributed by atoms with van der Waals surface area (Å²) in [6.45, 7) is 6.16. The lowest BCUT2D eigenvalue weighted by Crippen LogP contribution is -2.43. The standard InChI is InChI=1S/C15H21BrN2OS/c1-10-8-14(11(2)7-13(10)16)20-9-15(19)18-12-3-5-17-6-4-12/h7-8,12,17H,3-6,9H2,1-2H3,(H,18,19). The Labute approximate surface area is 133 Å². The first kappa shape index (κ1) is 15.9. The van der Waals surface area contributed by atoms with Crippen LogP contribution in [0.25, 0.3) is 0 Å². The van der Waals surface area contributed by atoms with E-state index in [0.29, 0.717) is 11.8 Å². The van der Waals surface area contributed by atoms with Crippen LogP contribution in [0.5, 0.6) is 0 Å². The quantitative estimate of drug-likeness (QED) is 0.814. The Morgan fingerprint density at radius 1 is 1.35 bits per heavy atom. The molecule has 1 fully saturated rings. The van der Waals surface area contributed by atoms with Gasteiger partial charge in [-0.05, 0) is 63.0 Å². The number of carbonyl (C=O) groups excluding carboxylic acids is 1. The molecule has 110 valence electrons. The van der Waals surface area contributed by atoms with Crippen molar-refractivity contribution in [2.24, 2.45) is 0 Å². The van der Waals surface area contributed by atoms with Gasteiger partial charge in [-0.15, -0.1) is 11.8 Å². The van der Waals surface area contributed by atoms with E-state index in [4.69, 9.17) is 0 Å². The van der Waals surface area contributed by atoms with Crippen molar-refractivity contribution in [2.75, 3.05) is 18.8 Å². The molecular weight excluding hydrogens is 336 g/mol. The maximum atomic E-state index is 12.0. The average Bonchev–Trinajstić information content (AvgIpc) is 2.42. The van der Waals surface area contributed by atoms with Crippen LogP contribution in [0.2, 0.25) is 0 Å². The summed E-state index contributed by atoms with van der Waals surface area (Å²) >= 11 is 5.15. The molecule has 20 heavy (non-hydrogen) atoms. The second-order valence-corrected chi connectivity index (χ2v) is 7.12. The Balaban J connectivity index is 1.85. The number of nitrogens with one attached hydrogen (secondary N) is 2. The molecule has 0 aromatic heterocycles. The number of piperidine rings is 1. The number of hydrogen-bond donors (Lipinski definition) is 2. The minimum absolute atomic E-state index is 0.141. The molecular formula is C15H21BrN2OS. The van der Waals surface area contributed by atoms with E-state index in [2.05, 4.69) is 52.5 Å². The first-order valence-electron chi connectivity index (χ1n) is 6.96. The first-order chi connectivity index (χ1) is 9.56. The molecule has 0 atom stereocenters. The first-order valence-corrected chi connectivity index (χ1v) is 8.74. The number of halogens is 1. The van der Waals surface area contributed by atoms with E-state index in [0.717, 1.165) is 30.4 Å². The molecule has 0 unspecified atom stereocenters. The lowest BCUT2D eigenvalue weighted by Gasteiger charge is -2.23. The van der Waals surface area contributed by atoms with Gasteiger partial charge in [0.15, 0.2) is 0 Å². The summed E-state index contributed by atoms with van der Waals surface area (Å²) in [5.74, 6) is 0.633. The van der Waals surface area contributed by atoms with Crippen LogP contribution in [0.1, 0.15) is 24.0 Å². The minimum atomic E-state index is 0.141. The molecule has 3 nitrogen and oxygen atoms in total. The molecule has 1 aromatic rings. The van der Waals surface area contributed by atoms with Gasteiger partial charge in [0.25, 0.3) is 0 Å². The minimum Gasteiger partial charge on any atom is -0.353 e. The van der Waals surface area contributed by atoms with Crippen LogP contribution in [0.15, 0.2) is 21.5 Å². The van der Waals surface area contributed by atoms with E-state index >= 15 is 0 Å². The SMILES string of the molecule is Cc1cc(SCC(=O)NC2CCNCC2)c(C)cc1Br. The molecule has 1 aliphatic rings. The molecule has 1 aliphatic heterocycles. The fraction of sp³-hybridized carbons (Fsp3) is 0.533. The zero-order chi connectivity index (χ0) is 14.5. The number of thioether (sulfide) groups is 1. The highest BCUT2D eigenvalue weighted by Crippen LogP contribution is 2.28. The van der Waals surface area contributed by atoms with Crippen molar-refractivity contribution in [3.05, 3.63) is 27.7 Å². The van der Waals surface area contributed by atoms with Gasteiger partial charge < -0.3 is 10.6 Å². The van der Waals surface area contributed by atoms with E-state index in [1.54, 1.807) is 11.8 Å². The van der Waals surface area contributed by atoms with Crippen LogP contribution in [0.4, 0.5) is 0 Å². The third kappa shape index (κ3) is 4.50. The Bertz CT molecular complexity index is 487. The van der Waals surface area contributed by atoms with Gasteiger partial charge in [-0.2, -0.15) is 0 Å². The zero-order valence-electron chi connectivity index (χ0n) is 12.0. The van der Waals surface area contributed by atoms with Crippen LogP contribution in [-0.4, -0.2) is 30.8 Å². The van der Waals surface area contributed by atoms with Crippen molar-refractivity contribution in [2.45, 2.75) is 37.6 Å². The highest BCUT2D eigenvalue weighted by Gasteiger charge is 2.15. The Morgan fingerprint density at radius 3 is 2.75 bits per heavy atom. The number of rotatable bonds is 4.